The van der Waals surface area contributed by atoms with E-state index in [0.29, 0.717) is 12.0 Å². The predicted molar refractivity (Wildman–Crippen MR) is 63.1 cm³/mol. The third-order valence-electron chi connectivity index (χ3n) is 4.67. The third kappa shape index (κ3) is 1.48. The number of carbonyl (C=O) groups is 1. The van der Waals surface area contributed by atoms with E-state index in [9.17, 15) is 4.79 Å². The second kappa shape index (κ2) is 3.46. The topological polar surface area (TPSA) is 29.5 Å². The van der Waals surface area contributed by atoms with Crippen molar-refractivity contribution in [2.24, 2.45) is 11.3 Å². The number of nitrogens with zero attached hydrogens (tertiary/aromatic N) is 1. The first-order valence-electron chi connectivity index (χ1n) is 6.13. The molecule has 1 saturated carbocycles. The second-order valence-electron chi connectivity index (χ2n) is 6.36. The Kier molecular flexibility index (Phi) is 2.57. The van der Waals surface area contributed by atoms with Gasteiger partial charge in [0.25, 0.3) is 0 Å². The Balaban J connectivity index is 2.15. The van der Waals surface area contributed by atoms with E-state index in [-0.39, 0.29) is 16.9 Å². The highest BCUT2D eigenvalue weighted by Crippen LogP contribution is 2.53. The molecular formula is C13H23NO2. The van der Waals surface area contributed by atoms with Crippen molar-refractivity contribution in [3.05, 3.63) is 0 Å². The average molecular weight is 225 g/mol. The molecule has 1 aliphatic heterocycles. The number of amides is 1. The van der Waals surface area contributed by atoms with E-state index in [1.165, 1.54) is 0 Å². The van der Waals surface area contributed by atoms with Gasteiger partial charge in [-0.05, 0) is 24.2 Å². The molecule has 0 aromatic rings. The minimum absolute atomic E-state index is 0.0491. The molecule has 1 amide bonds. The summed E-state index contributed by atoms with van der Waals surface area (Å²) in [6, 6.07) is 0.427. The average Bonchev–Trinajstić information content (AvgIpc) is 2.40. The maximum Gasteiger partial charge on any atom is 0.219 e. The zero-order valence-electron chi connectivity index (χ0n) is 11.0. The van der Waals surface area contributed by atoms with Gasteiger partial charge in [-0.3, -0.25) is 4.79 Å². The largest absolute Gasteiger partial charge is 0.378 e. The van der Waals surface area contributed by atoms with Gasteiger partial charge < -0.3 is 9.64 Å². The van der Waals surface area contributed by atoms with Crippen LogP contribution in [0.15, 0.2) is 0 Å². The number of hydrogen-bond acceptors (Lipinski definition) is 2. The minimum atomic E-state index is -0.0491. The van der Waals surface area contributed by atoms with Gasteiger partial charge in [-0.2, -0.15) is 0 Å². The summed E-state index contributed by atoms with van der Waals surface area (Å²) in [5.41, 5.74) is 0.0914. The molecule has 0 radical (unpaired) electrons. The van der Waals surface area contributed by atoms with E-state index in [1.807, 2.05) is 12.0 Å². The van der Waals surface area contributed by atoms with Crippen LogP contribution in [-0.4, -0.2) is 36.1 Å². The molecular weight excluding hydrogens is 202 g/mol. The van der Waals surface area contributed by atoms with Crippen molar-refractivity contribution in [2.45, 2.75) is 52.2 Å². The van der Waals surface area contributed by atoms with Gasteiger partial charge in [0.15, 0.2) is 0 Å². The molecule has 0 bridgehead atoms. The smallest absolute Gasteiger partial charge is 0.219 e. The van der Waals surface area contributed by atoms with Crippen LogP contribution in [0.25, 0.3) is 0 Å². The number of ether oxygens (including phenoxy) is 1. The first kappa shape index (κ1) is 11.9. The minimum Gasteiger partial charge on any atom is -0.378 e. The number of hydrogen-bond donors (Lipinski definition) is 0. The Labute approximate surface area is 98.1 Å². The molecule has 1 saturated heterocycles. The standard InChI is InChI=1S/C13H23NO2/c1-9(15)14-8-10-6-13(16-5,7-11(10)14)12(2,3)4/h10-11H,6-8H2,1-5H3. The van der Waals surface area contributed by atoms with Crippen LogP contribution < -0.4 is 0 Å². The number of carbonyl (C=O) groups excluding carboxylic acids is 1. The Bertz CT molecular complexity index is 308. The van der Waals surface area contributed by atoms with Crippen LogP contribution in [0.5, 0.6) is 0 Å². The maximum atomic E-state index is 11.4. The highest BCUT2D eigenvalue weighted by molar-refractivity contribution is 5.74. The molecule has 2 aliphatic rings. The Morgan fingerprint density at radius 1 is 1.38 bits per heavy atom. The summed E-state index contributed by atoms with van der Waals surface area (Å²) in [5, 5.41) is 0. The molecule has 2 rings (SSSR count). The summed E-state index contributed by atoms with van der Waals surface area (Å²) >= 11 is 0. The molecule has 3 unspecified atom stereocenters. The lowest BCUT2D eigenvalue weighted by atomic mass is 9.75. The highest BCUT2D eigenvalue weighted by Gasteiger charge is 2.58. The molecule has 1 heterocycles. The summed E-state index contributed by atoms with van der Waals surface area (Å²) in [7, 11) is 1.81. The van der Waals surface area contributed by atoms with Gasteiger partial charge in [-0.15, -0.1) is 0 Å². The van der Waals surface area contributed by atoms with Gasteiger partial charge in [0.1, 0.15) is 0 Å². The molecule has 0 aromatic carbocycles. The van der Waals surface area contributed by atoms with Crippen LogP contribution in [0.1, 0.15) is 40.5 Å². The first-order valence-corrected chi connectivity index (χ1v) is 6.13. The van der Waals surface area contributed by atoms with E-state index in [4.69, 9.17) is 4.74 Å². The van der Waals surface area contributed by atoms with Crippen LogP contribution >= 0.6 is 0 Å². The zero-order valence-corrected chi connectivity index (χ0v) is 11.0. The molecule has 0 N–H and O–H groups in total. The van der Waals surface area contributed by atoms with Gasteiger partial charge in [-0.1, -0.05) is 20.8 Å². The fourth-order valence-corrected chi connectivity index (χ4v) is 3.40. The Morgan fingerprint density at radius 3 is 2.44 bits per heavy atom. The fraction of sp³-hybridized carbons (Fsp3) is 0.923. The van der Waals surface area contributed by atoms with Crippen molar-refractivity contribution in [1.29, 1.82) is 0 Å². The lowest BCUT2D eigenvalue weighted by Crippen LogP contribution is -2.55. The number of rotatable bonds is 1. The molecule has 3 atom stereocenters. The number of methoxy groups -OCH3 is 1. The molecule has 16 heavy (non-hydrogen) atoms. The van der Waals surface area contributed by atoms with Gasteiger partial charge in [0, 0.05) is 26.6 Å². The van der Waals surface area contributed by atoms with Crippen molar-refractivity contribution >= 4 is 5.91 Å². The van der Waals surface area contributed by atoms with E-state index in [2.05, 4.69) is 20.8 Å². The van der Waals surface area contributed by atoms with Gasteiger partial charge in [-0.25, -0.2) is 0 Å². The summed E-state index contributed by atoms with van der Waals surface area (Å²) in [4.78, 5) is 13.4. The van der Waals surface area contributed by atoms with Crippen molar-refractivity contribution < 1.29 is 9.53 Å². The Hall–Kier alpha value is -0.570. The lowest BCUT2D eigenvalue weighted by molar-refractivity contribution is -0.139. The van der Waals surface area contributed by atoms with Crippen LogP contribution in [0, 0.1) is 11.3 Å². The summed E-state index contributed by atoms with van der Waals surface area (Å²) in [6.07, 6.45) is 2.10. The molecule has 0 aromatic heterocycles. The van der Waals surface area contributed by atoms with E-state index >= 15 is 0 Å². The molecule has 92 valence electrons. The first-order chi connectivity index (χ1) is 7.31. The van der Waals surface area contributed by atoms with E-state index in [1.54, 1.807) is 6.92 Å². The molecule has 2 fully saturated rings. The second-order valence-corrected chi connectivity index (χ2v) is 6.36. The van der Waals surface area contributed by atoms with Crippen molar-refractivity contribution in [1.82, 2.24) is 4.90 Å². The van der Waals surface area contributed by atoms with Crippen LogP contribution in [0.4, 0.5) is 0 Å². The van der Waals surface area contributed by atoms with Crippen LogP contribution in [0.2, 0.25) is 0 Å². The number of likely N-dealkylation sites (tertiary alicyclic amines) is 1. The van der Waals surface area contributed by atoms with Crippen molar-refractivity contribution in [2.75, 3.05) is 13.7 Å². The predicted octanol–water partition coefficient (Wildman–Crippen LogP) is 2.06. The maximum absolute atomic E-state index is 11.4. The van der Waals surface area contributed by atoms with E-state index < -0.39 is 0 Å². The molecule has 0 spiro atoms. The van der Waals surface area contributed by atoms with Gasteiger partial charge in [0.05, 0.1) is 5.60 Å². The lowest BCUT2D eigenvalue weighted by Gasteiger charge is -2.43. The van der Waals surface area contributed by atoms with Gasteiger partial charge in [0.2, 0.25) is 5.91 Å². The summed E-state index contributed by atoms with van der Waals surface area (Å²) in [6.45, 7) is 9.30. The normalized spacial score (nSPS) is 38.2. The van der Waals surface area contributed by atoms with Crippen molar-refractivity contribution in [3.8, 4) is 0 Å². The summed E-state index contributed by atoms with van der Waals surface area (Å²) in [5.74, 6) is 0.866. The Morgan fingerprint density at radius 2 is 2.00 bits per heavy atom. The fourth-order valence-electron chi connectivity index (χ4n) is 3.40. The quantitative estimate of drug-likeness (QED) is 0.683. The molecule has 3 heteroatoms. The zero-order chi connectivity index (χ0) is 12.1. The molecule has 3 nitrogen and oxygen atoms in total. The van der Waals surface area contributed by atoms with Crippen LogP contribution in [0.3, 0.4) is 0 Å². The SMILES string of the molecule is COC1(C(C)(C)C)CC2CN(C(C)=O)C2C1. The van der Waals surface area contributed by atoms with Crippen molar-refractivity contribution in [3.63, 3.8) is 0 Å². The molecule has 1 aliphatic carbocycles. The van der Waals surface area contributed by atoms with Gasteiger partial charge >= 0.3 is 0 Å². The summed E-state index contributed by atoms with van der Waals surface area (Å²) < 4.78 is 5.83. The monoisotopic (exact) mass is 225 g/mol. The number of fused-ring (bicyclic) bond motifs is 1. The van der Waals surface area contributed by atoms with Crippen LogP contribution in [-0.2, 0) is 9.53 Å². The van der Waals surface area contributed by atoms with E-state index in [0.717, 1.165) is 19.4 Å². The third-order valence-corrected chi connectivity index (χ3v) is 4.67. The highest BCUT2D eigenvalue weighted by atomic mass is 16.5.